The number of Topliss-reactive ketones (excluding diaryl/α,β-unsaturated/α-hetero) is 2. The first-order valence-corrected chi connectivity index (χ1v) is 34.3. The van der Waals surface area contributed by atoms with E-state index in [2.05, 4.69) is 102 Å². The number of aryl methyl sites for hydroxylation is 1. The minimum atomic E-state index is -1.89. The number of carbonyl (C=O) groups is 2. The maximum atomic E-state index is 15.7. The Balaban J connectivity index is 0.993. The number of rotatable bonds is 8. The van der Waals surface area contributed by atoms with Crippen LogP contribution < -0.4 is 20.7 Å². The van der Waals surface area contributed by atoms with E-state index in [1.54, 1.807) is 18.2 Å². The van der Waals surface area contributed by atoms with Crippen LogP contribution in [0.1, 0.15) is 159 Å². The van der Waals surface area contributed by atoms with Gasteiger partial charge in [0.15, 0.2) is 29.2 Å². The smallest absolute Gasteiger partial charge is 0.173 e. The summed E-state index contributed by atoms with van der Waals surface area (Å²) in [6.45, 7) is 7.77. The van der Waals surface area contributed by atoms with Crippen LogP contribution >= 0.6 is 0 Å². The van der Waals surface area contributed by atoms with Crippen molar-refractivity contribution < 1.29 is 50.1 Å². The Kier molecular flexibility index (Phi) is 20.1. The average molecular weight is 1260 g/mol. The fourth-order valence-corrected chi connectivity index (χ4v) is 17.2. The van der Waals surface area contributed by atoms with Crippen molar-refractivity contribution in [2.75, 3.05) is 32.1 Å². The van der Waals surface area contributed by atoms with Gasteiger partial charge >= 0.3 is 0 Å². The number of phenolic OH excluding ortho intramolecular Hbond substituents is 2. The summed E-state index contributed by atoms with van der Waals surface area (Å²) in [6, 6.07) is 29.3. The Morgan fingerprint density at radius 1 is 0.785 bits per heavy atom. The van der Waals surface area contributed by atoms with Crippen molar-refractivity contribution in [2.24, 2.45) is 46.8 Å². The molecule has 0 amide bonds. The predicted octanol–water partition coefficient (Wildman–Crippen LogP) is 12.2. The second kappa shape index (κ2) is 28.5. The van der Waals surface area contributed by atoms with E-state index in [1.165, 1.54) is 12.7 Å². The minimum absolute atomic E-state index is 0.0227. The van der Waals surface area contributed by atoms with E-state index in [4.69, 9.17) is 4.74 Å². The van der Waals surface area contributed by atoms with Crippen molar-refractivity contribution in [3.05, 3.63) is 183 Å². The first-order chi connectivity index (χ1) is 45.0. The summed E-state index contributed by atoms with van der Waals surface area (Å²) < 4.78 is 5.72. The van der Waals surface area contributed by atoms with Crippen LogP contribution in [0.25, 0.3) is 10.8 Å². The van der Waals surface area contributed by atoms with Gasteiger partial charge in [0.25, 0.3) is 0 Å². The zero-order valence-corrected chi connectivity index (χ0v) is 54.3. The average Bonchev–Trinajstić information content (AvgIpc) is 1.76. The number of anilines is 1. The molecule has 2 saturated carbocycles. The number of aliphatic hydroxyl groups is 4. The van der Waals surface area contributed by atoms with Crippen molar-refractivity contribution in [3.8, 4) is 34.8 Å². The van der Waals surface area contributed by atoms with Crippen molar-refractivity contribution in [1.29, 1.82) is 0 Å². The maximum absolute atomic E-state index is 15.7. The molecule has 490 valence electrons. The number of β-amino-alcohol motifs (C(OH)–C–C–N with tert-alkyl or cyclic N) is 1. The summed E-state index contributed by atoms with van der Waals surface area (Å²) in [5, 5.41) is 93.3. The zero-order valence-electron chi connectivity index (χ0n) is 54.3. The number of aromatic amines is 1. The Labute approximate surface area is 547 Å². The first-order valence-electron chi connectivity index (χ1n) is 34.3. The molecular weight excluding hydrogens is 1160 g/mol. The van der Waals surface area contributed by atoms with Gasteiger partial charge < -0.3 is 61.4 Å². The molecule has 13 atom stereocenters. The number of fused-ring (bicyclic) bond motifs is 11. The second-order valence-electron chi connectivity index (χ2n) is 28.1. The quantitative estimate of drug-likeness (QED) is 0.0387. The molecule has 6 aromatic rings. The van der Waals surface area contributed by atoms with Crippen LogP contribution in [-0.4, -0.2) is 97.4 Å². The number of hydrogen-bond acceptors (Lipinski definition) is 13. The van der Waals surface area contributed by atoms with Gasteiger partial charge in [0.1, 0.15) is 17.3 Å². The number of H-pyrrole nitrogens is 1. The Morgan fingerprint density at radius 3 is 2.38 bits per heavy atom. The Hall–Kier alpha value is -7.64. The highest BCUT2D eigenvalue weighted by Crippen LogP contribution is 2.58. The topological polar surface area (TPSA) is 237 Å². The maximum Gasteiger partial charge on any atom is 0.173 e. The van der Waals surface area contributed by atoms with E-state index in [9.17, 15) is 40.5 Å². The number of nitrogens with one attached hydrogen (secondary N) is 4. The van der Waals surface area contributed by atoms with Gasteiger partial charge in [-0.3, -0.25) is 9.59 Å². The van der Waals surface area contributed by atoms with Crippen molar-refractivity contribution in [3.63, 3.8) is 0 Å². The van der Waals surface area contributed by atoms with Crippen molar-refractivity contribution in [2.45, 2.75) is 160 Å². The fraction of sp³-hybridized carbons (Fsp3) is 0.468. The van der Waals surface area contributed by atoms with Gasteiger partial charge in [-0.1, -0.05) is 125 Å². The van der Waals surface area contributed by atoms with Crippen LogP contribution in [0.5, 0.6) is 23.0 Å². The molecule has 11 N–H and O–H groups in total. The summed E-state index contributed by atoms with van der Waals surface area (Å²) in [4.78, 5) is 33.9. The highest BCUT2D eigenvalue weighted by atomic mass is 16.5. The molecule has 4 aliphatic carbocycles. The number of methoxy groups -OCH3 is 1. The molecule has 3 heterocycles. The Morgan fingerprint density at radius 2 is 1.59 bits per heavy atom. The van der Waals surface area contributed by atoms with Gasteiger partial charge in [-0.05, 0) is 191 Å². The minimum Gasteiger partial charge on any atom is -0.508 e. The second-order valence-corrected chi connectivity index (χ2v) is 28.1. The van der Waals surface area contributed by atoms with Crippen LogP contribution in [0.2, 0.25) is 0 Å². The third-order valence-corrected chi connectivity index (χ3v) is 22.3. The molecule has 0 saturated heterocycles. The number of allylic oxidation sites excluding steroid dienone is 4. The van der Waals surface area contributed by atoms with Crippen molar-refractivity contribution >= 4 is 28.0 Å². The summed E-state index contributed by atoms with van der Waals surface area (Å²) in [7, 11) is 1.49. The lowest BCUT2D eigenvalue weighted by atomic mass is 9.62. The number of ketones is 2. The van der Waals surface area contributed by atoms with Gasteiger partial charge in [-0.15, -0.1) is 0 Å². The number of aliphatic hydroxyl groups excluding tert-OH is 4. The van der Waals surface area contributed by atoms with Crippen LogP contribution in [0, 0.1) is 58.7 Å². The molecule has 2 fully saturated rings. The fourth-order valence-electron chi connectivity index (χ4n) is 17.2. The molecule has 0 unspecified atom stereocenters. The predicted molar refractivity (Wildman–Crippen MR) is 364 cm³/mol. The molecule has 14 heteroatoms. The molecule has 2 aliphatic heterocycles. The lowest BCUT2D eigenvalue weighted by Crippen LogP contribution is -2.40. The number of aromatic nitrogens is 1. The highest BCUT2D eigenvalue weighted by molar-refractivity contribution is 6.06. The highest BCUT2D eigenvalue weighted by Gasteiger charge is 2.51. The number of phenols is 3. The van der Waals surface area contributed by atoms with Crippen molar-refractivity contribution in [1.82, 2.24) is 15.6 Å². The molecule has 0 radical (unpaired) electrons. The third-order valence-electron chi connectivity index (χ3n) is 22.3. The van der Waals surface area contributed by atoms with Gasteiger partial charge in [0, 0.05) is 85.2 Å². The van der Waals surface area contributed by atoms with Crippen LogP contribution in [-0.2, 0) is 41.9 Å². The van der Waals surface area contributed by atoms with E-state index in [1.807, 2.05) is 54.7 Å². The van der Waals surface area contributed by atoms with E-state index >= 15 is 4.79 Å². The number of benzene rings is 5. The van der Waals surface area contributed by atoms with Crippen LogP contribution in [0.15, 0.2) is 133 Å². The number of ether oxygens (including phenoxy) is 1. The SMILES string of the molecule is CCC[C@@H]1[C@H]2C[C@@H](C[C@@H]3C#C[C@@H](c4ccccc4[C@H]4C=C[C@@H](Cc5cccc(O)c5CO)[C@H](C)C4)c4cc(O)c(OC)cc4CCC(=O)[C@H](O)C(=O)[C@H]3C2)C2(CCCC2)C2=CCNC(=C2)Nc2ccc3ccc(c(O)c3c2)C[C@@H](O)CNC[C@@H](C)c2c[nH]c(c2)C[C@@H]1O. The summed E-state index contributed by atoms with van der Waals surface area (Å²) in [5.74, 6) is 5.67. The molecule has 6 aliphatic rings. The first kappa shape index (κ1) is 65.4. The van der Waals surface area contributed by atoms with E-state index in [0.29, 0.717) is 74.7 Å². The molecule has 1 spiro atoms. The normalized spacial score (nSPS) is 28.5. The molecule has 12 rings (SSSR count). The number of aromatic hydroxyl groups is 3. The molecule has 9 bridgehead atoms. The summed E-state index contributed by atoms with van der Waals surface area (Å²) >= 11 is 0. The molecule has 14 nitrogen and oxygen atoms in total. The van der Waals surface area contributed by atoms with E-state index < -0.39 is 47.6 Å². The summed E-state index contributed by atoms with van der Waals surface area (Å²) in [6.07, 6.45) is 16.6. The van der Waals surface area contributed by atoms with Gasteiger partial charge in [0.2, 0.25) is 0 Å². The number of dihydropyridines is 1. The van der Waals surface area contributed by atoms with E-state index in [-0.39, 0.29) is 95.7 Å². The lowest BCUT2D eigenvalue weighted by Gasteiger charge is -2.43. The summed E-state index contributed by atoms with van der Waals surface area (Å²) in [5.41, 5.74) is 9.18. The van der Waals surface area contributed by atoms with Crippen LogP contribution in [0.3, 0.4) is 0 Å². The largest absolute Gasteiger partial charge is 0.508 e. The molecule has 1 aromatic heterocycles. The molecule has 93 heavy (non-hydrogen) atoms. The van der Waals surface area contributed by atoms with Gasteiger partial charge in [0.05, 0.1) is 31.8 Å². The monoisotopic (exact) mass is 1260 g/mol. The van der Waals surface area contributed by atoms with E-state index in [0.717, 1.165) is 94.5 Å². The van der Waals surface area contributed by atoms with Crippen LogP contribution in [0.4, 0.5) is 5.69 Å². The lowest BCUT2D eigenvalue weighted by molar-refractivity contribution is -0.142. The number of carbonyl (C=O) groups excluding carboxylic acids is 2. The zero-order chi connectivity index (χ0) is 65.1. The van der Waals surface area contributed by atoms with Gasteiger partial charge in [-0.2, -0.15) is 0 Å². The third kappa shape index (κ3) is 13.8. The molecule has 5 aromatic carbocycles. The van der Waals surface area contributed by atoms with Gasteiger partial charge in [-0.25, -0.2) is 0 Å². The molecular formula is C79H94N4O10. The standard InChI is InChI=1S/C79H94N4O10/c1-5-11-63-55-33-58(79(27-8-9-28-79)57-26-29-81-75(38-57)83-59-23-20-48-16-19-54(76(90)68(48)39-59)35-61(85)44-80-42-47(3)56-34-60(82-43-56)40-72(63)88)32-52-21-24-65(66-41-73(89)74(93-4)37-53(66)22-25-71(87)78(92)77(91)67(52)36-55)64-14-7-6-13-62(64)51-18-17-49(46(2)30-51)31-50-12-10-15-70(86)69(50)45-84/h6-7,10,12-20,23,26,34,37-39,41,43,46-47,49,51-52,55,58,61,63,65,67,72,78,80-86,88-90,92H,5,8-9,11,22,25,27-33,35-36,40,42,44-45H2,1-4H3/t46-,47-,49+,51+,52+,55+,58-,61-,63-,65+,67+,72+,78+/m1/s1. The number of hydrogen-bond donors (Lipinski definition) is 11. The Bertz CT molecular complexity index is 3860.